The molecule has 0 radical (unpaired) electrons. The first-order chi connectivity index (χ1) is 20.5. The highest BCUT2D eigenvalue weighted by Crippen LogP contribution is 2.45. The van der Waals surface area contributed by atoms with E-state index in [2.05, 4.69) is 15.3 Å². The molecular weight excluding hydrogens is 551 g/mol. The number of hydrogen-bond donors (Lipinski definition) is 1. The van der Waals surface area contributed by atoms with Crippen LogP contribution in [0.4, 0.5) is 9.18 Å². The predicted octanol–water partition coefficient (Wildman–Crippen LogP) is 3.68. The summed E-state index contributed by atoms with van der Waals surface area (Å²) in [6, 6.07) is 13.7. The van der Waals surface area contributed by atoms with Gasteiger partial charge in [-0.1, -0.05) is 12.1 Å². The fraction of sp³-hybridized carbons (Fsp3) is 0.438. The maximum Gasteiger partial charge on any atom is 0.410 e. The zero-order chi connectivity index (χ0) is 30.7. The van der Waals surface area contributed by atoms with Crippen molar-refractivity contribution < 1.29 is 23.5 Å². The molecule has 2 aromatic carbocycles. The van der Waals surface area contributed by atoms with E-state index in [0.717, 1.165) is 11.3 Å². The van der Waals surface area contributed by atoms with Gasteiger partial charge >= 0.3 is 6.09 Å². The third-order valence-corrected chi connectivity index (χ3v) is 7.78. The lowest BCUT2D eigenvalue weighted by atomic mass is 10.1. The summed E-state index contributed by atoms with van der Waals surface area (Å²) < 4.78 is 21.0. The summed E-state index contributed by atoms with van der Waals surface area (Å²) >= 11 is 0. The van der Waals surface area contributed by atoms with Crippen molar-refractivity contribution in [3.63, 3.8) is 0 Å². The Morgan fingerprint density at radius 1 is 1.05 bits per heavy atom. The summed E-state index contributed by atoms with van der Waals surface area (Å²) in [5, 5.41) is 7.14. The molecule has 3 amide bonds. The maximum atomic E-state index is 13.9. The van der Waals surface area contributed by atoms with Crippen LogP contribution in [0.2, 0.25) is 0 Å². The Morgan fingerprint density at radius 3 is 2.33 bits per heavy atom. The monoisotopic (exact) mass is 590 g/mol. The number of hydrogen-bond acceptors (Lipinski definition) is 6. The van der Waals surface area contributed by atoms with E-state index in [4.69, 9.17) is 4.74 Å². The van der Waals surface area contributed by atoms with Crippen molar-refractivity contribution in [1.29, 1.82) is 0 Å². The number of piperazine rings is 1. The molecule has 0 bridgehead atoms. The zero-order valence-electron chi connectivity index (χ0n) is 25.1. The number of halogens is 1. The standard InChI is InChI=1S/C32H39FN6O4/c1-32(2,3)43-31(42)38(28-20-26(28)22-6-10-24(33)11-7-22)21-27(30(41)37-18-16-36(4)17-19-37)35-29(40)23-8-12-25(13-9-23)39-15-5-14-34-39/h5-15,26-28H,16-21H2,1-4H3,(H,35,40)/t26-,27-,28+/m0/s1. The smallest absolute Gasteiger partial charge is 0.410 e. The number of rotatable bonds is 8. The molecule has 228 valence electrons. The molecular formula is C32H39FN6O4. The minimum atomic E-state index is -0.997. The van der Waals surface area contributed by atoms with Gasteiger partial charge in [0.05, 0.1) is 12.2 Å². The highest BCUT2D eigenvalue weighted by Gasteiger charge is 2.47. The van der Waals surface area contributed by atoms with E-state index in [1.807, 2.05) is 19.3 Å². The third kappa shape index (κ3) is 7.59. The van der Waals surface area contributed by atoms with Crippen molar-refractivity contribution in [1.82, 2.24) is 29.8 Å². The van der Waals surface area contributed by atoms with Gasteiger partial charge < -0.3 is 24.8 Å². The summed E-state index contributed by atoms with van der Waals surface area (Å²) in [7, 11) is 2.00. The van der Waals surface area contributed by atoms with Crippen LogP contribution in [0.5, 0.6) is 0 Å². The molecule has 2 fully saturated rings. The molecule has 5 rings (SSSR count). The molecule has 43 heavy (non-hydrogen) atoms. The maximum absolute atomic E-state index is 13.9. The second-order valence-corrected chi connectivity index (χ2v) is 12.2. The Morgan fingerprint density at radius 2 is 1.72 bits per heavy atom. The highest BCUT2D eigenvalue weighted by molar-refractivity contribution is 5.98. The minimum Gasteiger partial charge on any atom is -0.444 e. The van der Waals surface area contributed by atoms with Gasteiger partial charge in [0.1, 0.15) is 17.5 Å². The molecule has 1 saturated heterocycles. The number of benzene rings is 2. The lowest BCUT2D eigenvalue weighted by molar-refractivity contribution is -0.135. The normalized spacial score (nSPS) is 19.4. The van der Waals surface area contributed by atoms with Crippen molar-refractivity contribution in [2.45, 2.75) is 50.8 Å². The van der Waals surface area contributed by atoms with Crippen molar-refractivity contribution in [3.8, 4) is 5.69 Å². The highest BCUT2D eigenvalue weighted by atomic mass is 19.1. The van der Waals surface area contributed by atoms with Crippen LogP contribution in [0.15, 0.2) is 67.0 Å². The molecule has 1 N–H and O–H groups in total. The van der Waals surface area contributed by atoms with Crippen LogP contribution in [-0.4, -0.2) is 99.8 Å². The summed E-state index contributed by atoms with van der Waals surface area (Å²) in [6.07, 6.45) is 3.56. The first kappa shape index (κ1) is 30.2. The number of aromatic nitrogens is 2. The lowest BCUT2D eigenvalue weighted by Gasteiger charge is -2.36. The van der Waals surface area contributed by atoms with Gasteiger partial charge in [-0.05, 0) is 82.3 Å². The number of carbonyl (C=O) groups is 3. The van der Waals surface area contributed by atoms with Gasteiger partial charge in [0.15, 0.2) is 0 Å². The van der Waals surface area contributed by atoms with Crippen molar-refractivity contribution in [2.24, 2.45) is 0 Å². The molecule has 1 aliphatic carbocycles. The first-order valence-electron chi connectivity index (χ1n) is 14.6. The Hall–Kier alpha value is -4.25. The third-order valence-electron chi connectivity index (χ3n) is 7.78. The van der Waals surface area contributed by atoms with E-state index in [1.54, 1.807) is 77.8 Å². The zero-order valence-corrected chi connectivity index (χ0v) is 25.1. The average molecular weight is 591 g/mol. The van der Waals surface area contributed by atoms with Crippen LogP contribution >= 0.6 is 0 Å². The fourth-order valence-electron chi connectivity index (χ4n) is 5.32. The molecule has 0 unspecified atom stereocenters. The summed E-state index contributed by atoms with van der Waals surface area (Å²) in [5.41, 5.74) is 1.32. The van der Waals surface area contributed by atoms with Crippen LogP contribution in [-0.2, 0) is 9.53 Å². The molecule has 3 atom stereocenters. The second kappa shape index (κ2) is 12.5. The summed E-state index contributed by atoms with van der Waals surface area (Å²) in [6.45, 7) is 7.78. The lowest BCUT2D eigenvalue weighted by Crippen LogP contribution is -2.58. The molecule has 2 aliphatic rings. The van der Waals surface area contributed by atoms with Crippen LogP contribution in [0.25, 0.3) is 5.69 Å². The van der Waals surface area contributed by atoms with Crippen LogP contribution in [0.1, 0.15) is 49.0 Å². The number of ether oxygens (including phenoxy) is 1. The Bertz CT molecular complexity index is 1410. The van der Waals surface area contributed by atoms with Gasteiger partial charge in [-0.25, -0.2) is 13.9 Å². The number of likely N-dealkylation sites (N-methyl/N-ethyl adjacent to an activating group) is 1. The average Bonchev–Trinajstić information content (AvgIpc) is 3.55. The number of nitrogens with zero attached hydrogens (tertiary/aromatic N) is 5. The predicted molar refractivity (Wildman–Crippen MR) is 159 cm³/mol. The molecule has 1 aromatic heterocycles. The van der Waals surface area contributed by atoms with E-state index in [-0.39, 0.29) is 30.2 Å². The van der Waals surface area contributed by atoms with E-state index >= 15 is 0 Å². The second-order valence-electron chi connectivity index (χ2n) is 12.2. The molecule has 11 heteroatoms. The van der Waals surface area contributed by atoms with Gasteiger partial charge in [0.25, 0.3) is 5.91 Å². The molecule has 2 heterocycles. The van der Waals surface area contributed by atoms with E-state index in [9.17, 15) is 18.8 Å². The van der Waals surface area contributed by atoms with Crippen LogP contribution < -0.4 is 5.32 Å². The van der Waals surface area contributed by atoms with Gasteiger partial charge in [-0.2, -0.15) is 5.10 Å². The van der Waals surface area contributed by atoms with Gasteiger partial charge in [-0.3, -0.25) is 9.59 Å². The first-order valence-corrected chi connectivity index (χ1v) is 14.6. The molecule has 0 spiro atoms. The Labute approximate surface area is 251 Å². The Kier molecular flexibility index (Phi) is 8.82. The van der Waals surface area contributed by atoms with Crippen LogP contribution in [0, 0.1) is 5.82 Å². The van der Waals surface area contributed by atoms with Gasteiger partial charge in [0.2, 0.25) is 5.91 Å². The van der Waals surface area contributed by atoms with Gasteiger partial charge in [0, 0.05) is 56.1 Å². The van der Waals surface area contributed by atoms with Crippen LogP contribution in [0.3, 0.4) is 0 Å². The molecule has 1 saturated carbocycles. The van der Waals surface area contributed by atoms with E-state index < -0.39 is 23.6 Å². The van der Waals surface area contributed by atoms with Gasteiger partial charge in [-0.15, -0.1) is 0 Å². The van der Waals surface area contributed by atoms with Crippen molar-refractivity contribution in [3.05, 3.63) is 83.9 Å². The quantitative estimate of drug-likeness (QED) is 0.430. The van der Waals surface area contributed by atoms with E-state index in [0.29, 0.717) is 38.2 Å². The topological polar surface area (TPSA) is 100 Å². The Balaban J connectivity index is 1.39. The number of carbonyl (C=O) groups excluding carboxylic acids is 3. The molecule has 10 nitrogen and oxygen atoms in total. The molecule has 3 aromatic rings. The van der Waals surface area contributed by atoms with Crippen molar-refractivity contribution >= 4 is 17.9 Å². The summed E-state index contributed by atoms with van der Waals surface area (Å²) in [5.74, 6) is -1.03. The minimum absolute atomic E-state index is 0.0296. The van der Waals surface area contributed by atoms with E-state index in [1.165, 1.54) is 12.1 Å². The number of nitrogens with one attached hydrogen (secondary N) is 1. The fourth-order valence-corrected chi connectivity index (χ4v) is 5.32. The molecule has 1 aliphatic heterocycles. The SMILES string of the molecule is CN1CCN(C(=O)[C@H](CN(C(=O)OC(C)(C)C)[C@@H]2C[C@H]2c2ccc(F)cc2)NC(=O)c2ccc(-n3cccn3)cc2)CC1. The number of amides is 3. The largest absolute Gasteiger partial charge is 0.444 e. The summed E-state index contributed by atoms with van der Waals surface area (Å²) in [4.78, 5) is 46.4. The van der Waals surface area contributed by atoms with Crippen molar-refractivity contribution in [2.75, 3.05) is 39.8 Å².